The Morgan fingerprint density at radius 3 is 1.31 bits per heavy atom. The van der Waals surface area contributed by atoms with Gasteiger partial charge in [0.2, 0.25) is 5.91 Å². The highest BCUT2D eigenvalue weighted by molar-refractivity contribution is 5.76. The number of amides is 1. The van der Waals surface area contributed by atoms with Crippen LogP contribution in [0, 0.1) is 0 Å². The van der Waals surface area contributed by atoms with Crippen molar-refractivity contribution in [3.05, 3.63) is 0 Å². The van der Waals surface area contributed by atoms with Crippen molar-refractivity contribution >= 4 is 11.9 Å². The zero-order valence-electron chi connectivity index (χ0n) is 23.7. The van der Waals surface area contributed by atoms with E-state index in [9.17, 15) is 19.8 Å². The fourth-order valence-corrected chi connectivity index (χ4v) is 4.71. The molecule has 0 saturated heterocycles. The van der Waals surface area contributed by atoms with Gasteiger partial charge in [0, 0.05) is 25.9 Å². The minimum Gasteiger partial charge on any atom is -0.481 e. The van der Waals surface area contributed by atoms with Gasteiger partial charge in [0.15, 0.2) is 0 Å². The Bertz CT molecular complexity index is 486. The molecule has 0 spiro atoms. The van der Waals surface area contributed by atoms with E-state index in [4.69, 9.17) is 5.11 Å². The summed E-state index contributed by atoms with van der Waals surface area (Å²) in [5.41, 5.74) is 0. The van der Waals surface area contributed by atoms with Crippen molar-refractivity contribution in [3.8, 4) is 0 Å². The molecule has 0 bridgehead atoms. The molecule has 0 saturated carbocycles. The molecule has 0 heterocycles. The average Bonchev–Trinajstić information content (AvgIpc) is 2.84. The van der Waals surface area contributed by atoms with E-state index in [1.54, 1.807) is 4.90 Å². The Hall–Kier alpha value is -1.14. The third-order valence-corrected chi connectivity index (χ3v) is 7.03. The highest BCUT2D eigenvalue weighted by Crippen LogP contribution is 2.15. The summed E-state index contributed by atoms with van der Waals surface area (Å²) in [6, 6.07) is 0. The van der Waals surface area contributed by atoms with Gasteiger partial charge in [-0.05, 0) is 25.7 Å². The summed E-state index contributed by atoms with van der Waals surface area (Å²) in [6.07, 6.45) is 20.8. The molecule has 214 valence electrons. The van der Waals surface area contributed by atoms with Crippen LogP contribution in [0.15, 0.2) is 0 Å². The molecule has 0 radical (unpaired) electrons. The molecule has 0 aromatic rings. The van der Waals surface area contributed by atoms with Crippen LogP contribution in [-0.4, -0.2) is 57.4 Å². The summed E-state index contributed by atoms with van der Waals surface area (Å²) in [6.45, 7) is 4.95. The van der Waals surface area contributed by atoms with Crippen LogP contribution in [0.2, 0.25) is 0 Å². The Morgan fingerprint density at radius 2 is 0.917 bits per heavy atom. The van der Waals surface area contributed by atoms with Crippen molar-refractivity contribution in [1.82, 2.24) is 4.90 Å². The number of aliphatic hydroxyl groups is 2. The molecule has 2 unspecified atom stereocenters. The summed E-state index contributed by atoms with van der Waals surface area (Å²) in [5.74, 6) is -0.939. The molecular weight excluding hydrogens is 454 g/mol. The predicted octanol–water partition coefficient (Wildman–Crippen LogP) is 7.24. The van der Waals surface area contributed by atoms with Crippen molar-refractivity contribution < 1.29 is 24.9 Å². The van der Waals surface area contributed by atoms with Crippen molar-refractivity contribution in [2.24, 2.45) is 0 Å². The lowest BCUT2D eigenvalue weighted by molar-refractivity contribution is -0.138. The van der Waals surface area contributed by atoms with Crippen LogP contribution in [0.25, 0.3) is 0 Å². The highest BCUT2D eigenvalue weighted by atomic mass is 16.4. The number of unbranched alkanes of at least 4 members (excludes halogenated alkanes) is 15. The summed E-state index contributed by atoms with van der Waals surface area (Å²) >= 11 is 0. The first-order valence-corrected chi connectivity index (χ1v) is 15.3. The molecule has 0 aliphatic rings. The van der Waals surface area contributed by atoms with Crippen LogP contribution in [0.4, 0.5) is 0 Å². The van der Waals surface area contributed by atoms with Crippen LogP contribution in [-0.2, 0) is 9.59 Å². The van der Waals surface area contributed by atoms with E-state index in [-0.39, 0.29) is 31.8 Å². The number of carbonyl (C=O) groups is 2. The van der Waals surface area contributed by atoms with Crippen molar-refractivity contribution in [3.63, 3.8) is 0 Å². The maximum atomic E-state index is 12.8. The molecular formula is C30H59NO5. The van der Waals surface area contributed by atoms with E-state index in [0.29, 0.717) is 25.7 Å². The van der Waals surface area contributed by atoms with Gasteiger partial charge in [0.25, 0.3) is 0 Å². The molecule has 0 aliphatic heterocycles. The number of carboxylic acid groups (broad SMARTS) is 1. The lowest BCUT2D eigenvalue weighted by atomic mass is 10.0. The summed E-state index contributed by atoms with van der Waals surface area (Å²) in [4.78, 5) is 25.2. The maximum Gasteiger partial charge on any atom is 0.303 e. The lowest BCUT2D eigenvalue weighted by Gasteiger charge is -2.28. The molecule has 3 N–H and O–H groups in total. The first kappa shape index (κ1) is 34.9. The van der Waals surface area contributed by atoms with E-state index >= 15 is 0 Å². The van der Waals surface area contributed by atoms with Gasteiger partial charge >= 0.3 is 5.97 Å². The SMILES string of the molecule is CCCCCCCCCCC(O)CN(CC(O)CCCCCCCCCC)C(=O)CCCCC(=O)O. The quantitative estimate of drug-likeness (QED) is 0.101. The number of carbonyl (C=O) groups excluding carboxylic acids is 1. The standard InChI is InChI=1S/C30H59NO5/c1-3-5-7-9-11-13-15-17-21-27(32)25-31(29(34)23-19-20-24-30(35)36)26-28(33)22-18-16-14-12-10-8-6-4-2/h27-28,32-33H,3-26H2,1-2H3,(H,35,36). The molecule has 0 aromatic heterocycles. The smallest absolute Gasteiger partial charge is 0.303 e. The number of hydrogen-bond acceptors (Lipinski definition) is 4. The van der Waals surface area contributed by atoms with E-state index in [0.717, 1.165) is 25.7 Å². The number of aliphatic hydroxyl groups excluding tert-OH is 2. The molecule has 0 fully saturated rings. The molecule has 36 heavy (non-hydrogen) atoms. The second-order valence-corrected chi connectivity index (χ2v) is 10.7. The number of aliphatic carboxylic acids is 1. The first-order chi connectivity index (χ1) is 17.4. The number of carboxylic acids is 1. The first-order valence-electron chi connectivity index (χ1n) is 15.3. The van der Waals surface area contributed by atoms with Gasteiger partial charge in [-0.15, -0.1) is 0 Å². The fraction of sp³-hybridized carbons (Fsp3) is 0.933. The molecule has 6 heteroatoms. The molecule has 0 aliphatic carbocycles. The zero-order chi connectivity index (χ0) is 26.9. The molecule has 0 rings (SSSR count). The largest absolute Gasteiger partial charge is 0.481 e. The number of hydrogen-bond donors (Lipinski definition) is 3. The Kier molecular flexibility index (Phi) is 24.7. The highest BCUT2D eigenvalue weighted by Gasteiger charge is 2.20. The Balaban J connectivity index is 4.37. The normalized spacial score (nSPS) is 13.0. The van der Waals surface area contributed by atoms with Gasteiger partial charge in [-0.2, -0.15) is 0 Å². The van der Waals surface area contributed by atoms with Gasteiger partial charge in [-0.1, -0.05) is 117 Å². The third kappa shape index (κ3) is 23.3. The Morgan fingerprint density at radius 1 is 0.556 bits per heavy atom. The lowest BCUT2D eigenvalue weighted by Crippen LogP contribution is -2.42. The van der Waals surface area contributed by atoms with Crippen LogP contribution in [0.3, 0.4) is 0 Å². The third-order valence-electron chi connectivity index (χ3n) is 7.03. The molecule has 1 amide bonds. The van der Waals surface area contributed by atoms with Crippen molar-refractivity contribution in [2.75, 3.05) is 13.1 Å². The molecule has 2 atom stereocenters. The topological polar surface area (TPSA) is 98.1 Å². The molecule has 0 aromatic carbocycles. The van der Waals surface area contributed by atoms with Gasteiger partial charge < -0.3 is 20.2 Å². The number of rotatable bonds is 27. The summed E-state index contributed by atoms with van der Waals surface area (Å²) in [5, 5.41) is 30.0. The predicted molar refractivity (Wildman–Crippen MR) is 149 cm³/mol. The van der Waals surface area contributed by atoms with E-state index in [1.807, 2.05) is 0 Å². The monoisotopic (exact) mass is 513 g/mol. The number of nitrogens with zero attached hydrogens (tertiary/aromatic N) is 1. The van der Waals surface area contributed by atoms with Crippen molar-refractivity contribution in [1.29, 1.82) is 0 Å². The summed E-state index contributed by atoms with van der Waals surface area (Å²) < 4.78 is 0. The van der Waals surface area contributed by atoms with E-state index in [1.165, 1.54) is 77.0 Å². The van der Waals surface area contributed by atoms with Crippen LogP contribution in [0.1, 0.15) is 155 Å². The van der Waals surface area contributed by atoms with Crippen LogP contribution < -0.4 is 0 Å². The second-order valence-electron chi connectivity index (χ2n) is 10.7. The Labute approximate surface area is 222 Å². The van der Waals surface area contributed by atoms with E-state index in [2.05, 4.69) is 13.8 Å². The maximum absolute atomic E-state index is 12.8. The minimum atomic E-state index is -0.846. The zero-order valence-corrected chi connectivity index (χ0v) is 23.7. The van der Waals surface area contributed by atoms with Crippen molar-refractivity contribution in [2.45, 2.75) is 167 Å². The molecule has 6 nitrogen and oxygen atoms in total. The van der Waals surface area contributed by atoms with E-state index < -0.39 is 18.2 Å². The average molecular weight is 514 g/mol. The van der Waals surface area contributed by atoms with Gasteiger partial charge in [0.05, 0.1) is 12.2 Å². The van der Waals surface area contributed by atoms with Crippen LogP contribution in [0.5, 0.6) is 0 Å². The van der Waals surface area contributed by atoms with Gasteiger partial charge in [0.1, 0.15) is 0 Å². The van der Waals surface area contributed by atoms with Gasteiger partial charge in [-0.25, -0.2) is 0 Å². The van der Waals surface area contributed by atoms with Crippen LogP contribution >= 0.6 is 0 Å². The fourth-order valence-electron chi connectivity index (χ4n) is 4.71. The summed E-state index contributed by atoms with van der Waals surface area (Å²) in [7, 11) is 0. The minimum absolute atomic E-state index is 0.0649. The van der Waals surface area contributed by atoms with Gasteiger partial charge in [-0.3, -0.25) is 9.59 Å². The second kappa shape index (κ2) is 25.5.